The Morgan fingerprint density at radius 2 is 2.10 bits per heavy atom. The largest absolute Gasteiger partial charge is 0.232 e. The van der Waals surface area contributed by atoms with Crippen LogP contribution in [0.5, 0.6) is 0 Å². The van der Waals surface area contributed by atoms with Gasteiger partial charge in [-0.05, 0) is 24.2 Å². The van der Waals surface area contributed by atoms with Crippen LogP contribution in [0.25, 0.3) is 0 Å². The van der Waals surface area contributed by atoms with E-state index >= 15 is 0 Å². The van der Waals surface area contributed by atoms with Gasteiger partial charge in [-0.3, -0.25) is 0 Å². The molecule has 1 fully saturated rings. The molecule has 0 heterocycles. The van der Waals surface area contributed by atoms with Crippen LogP contribution in [0.1, 0.15) is 20.3 Å². The number of rotatable bonds is 3. The van der Waals surface area contributed by atoms with Crippen LogP contribution < -0.4 is 0 Å². The summed E-state index contributed by atoms with van der Waals surface area (Å²) in [6.45, 7) is 4.31. The smallest absolute Gasteiger partial charge is 0.140 e. The zero-order chi connectivity index (χ0) is 7.72. The van der Waals surface area contributed by atoms with Crippen LogP contribution in [0.2, 0.25) is 0 Å². The van der Waals surface area contributed by atoms with Gasteiger partial charge in [0, 0.05) is 0 Å². The molecule has 0 aromatic heterocycles. The molecule has 1 rings (SSSR count). The number of hydrogen-bond donors (Lipinski definition) is 1. The van der Waals surface area contributed by atoms with Gasteiger partial charge >= 0.3 is 0 Å². The Balaban J connectivity index is 2.26. The normalized spacial score (nSPS) is 31.6. The Hall–Kier alpha value is -0.0500. The third kappa shape index (κ3) is 1.97. The summed E-state index contributed by atoms with van der Waals surface area (Å²) in [5.41, 5.74) is 0. The molecule has 0 spiro atoms. The minimum absolute atomic E-state index is 0.415. The SMILES string of the molecule is CC(C)C1CC1C[SH](=O)=O. The molecule has 0 aliphatic heterocycles. The lowest BCUT2D eigenvalue weighted by Crippen LogP contribution is -1.97. The molecule has 0 aromatic rings. The molecular formula is C7H14O2S. The summed E-state index contributed by atoms with van der Waals surface area (Å²) >= 11 is 0. The molecule has 1 aliphatic carbocycles. The summed E-state index contributed by atoms with van der Waals surface area (Å²) < 4.78 is 20.5. The van der Waals surface area contributed by atoms with Gasteiger partial charge in [-0.15, -0.1) is 0 Å². The highest BCUT2D eigenvalue weighted by atomic mass is 32.2. The van der Waals surface area contributed by atoms with E-state index in [1.165, 1.54) is 0 Å². The van der Waals surface area contributed by atoms with E-state index in [0.29, 0.717) is 23.5 Å². The molecule has 2 unspecified atom stereocenters. The highest BCUT2D eigenvalue weighted by Gasteiger charge is 2.39. The molecule has 0 bridgehead atoms. The van der Waals surface area contributed by atoms with Gasteiger partial charge in [0.2, 0.25) is 0 Å². The van der Waals surface area contributed by atoms with Crippen molar-refractivity contribution in [1.82, 2.24) is 0 Å². The van der Waals surface area contributed by atoms with Crippen LogP contribution in [-0.4, -0.2) is 14.2 Å². The first-order valence-electron chi connectivity index (χ1n) is 3.73. The monoisotopic (exact) mass is 162 g/mol. The average Bonchev–Trinajstić information content (AvgIpc) is 2.43. The fourth-order valence-corrected chi connectivity index (χ4v) is 2.29. The fraction of sp³-hybridized carbons (Fsp3) is 1.00. The van der Waals surface area contributed by atoms with Crippen LogP contribution in [0.4, 0.5) is 0 Å². The van der Waals surface area contributed by atoms with Gasteiger partial charge in [0.1, 0.15) is 10.7 Å². The molecule has 2 atom stereocenters. The maximum Gasteiger partial charge on any atom is 0.140 e. The predicted molar refractivity (Wildman–Crippen MR) is 41.6 cm³/mol. The molecule has 0 radical (unpaired) electrons. The molecular weight excluding hydrogens is 148 g/mol. The van der Waals surface area contributed by atoms with E-state index in [1.54, 1.807) is 0 Å². The zero-order valence-electron chi connectivity index (χ0n) is 6.41. The van der Waals surface area contributed by atoms with Gasteiger partial charge in [0.25, 0.3) is 0 Å². The maximum absolute atomic E-state index is 10.3. The first-order chi connectivity index (χ1) is 4.61. The van der Waals surface area contributed by atoms with Crippen molar-refractivity contribution in [2.24, 2.45) is 17.8 Å². The van der Waals surface area contributed by atoms with Crippen LogP contribution in [0.3, 0.4) is 0 Å². The topological polar surface area (TPSA) is 34.1 Å². The van der Waals surface area contributed by atoms with Crippen molar-refractivity contribution in [3.05, 3.63) is 0 Å². The number of thiol groups is 1. The lowest BCUT2D eigenvalue weighted by Gasteiger charge is -1.98. The van der Waals surface area contributed by atoms with E-state index in [4.69, 9.17) is 0 Å². The van der Waals surface area contributed by atoms with E-state index in [0.717, 1.165) is 6.42 Å². The third-order valence-electron chi connectivity index (χ3n) is 2.22. The fourth-order valence-electron chi connectivity index (χ4n) is 1.49. The standard InChI is InChI=1S/C7H14O2S/c1-5(2)7-3-6(7)4-10(8)9/h5-7,10H,3-4H2,1-2H3. The summed E-state index contributed by atoms with van der Waals surface area (Å²) in [4.78, 5) is 0. The maximum atomic E-state index is 10.3. The van der Waals surface area contributed by atoms with Crippen LogP contribution in [0, 0.1) is 17.8 Å². The lowest BCUT2D eigenvalue weighted by molar-refractivity contribution is 0.528. The van der Waals surface area contributed by atoms with Gasteiger partial charge in [-0.1, -0.05) is 13.8 Å². The summed E-state index contributed by atoms with van der Waals surface area (Å²) in [6, 6.07) is 0. The van der Waals surface area contributed by atoms with Crippen molar-refractivity contribution in [3.8, 4) is 0 Å². The van der Waals surface area contributed by atoms with Crippen molar-refractivity contribution >= 4 is 10.7 Å². The van der Waals surface area contributed by atoms with Crippen molar-refractivity contribution in [2.45, 2.75) is 20.3 Å². The molecule has 10 heavy (non-hydrogen) atoms. The van der Waals surface area contributed by atoms with E-state index in [-0.39, 0.29) is 0 Å². The molecule has 0 saturated heterocycles. The molecule has 3 heteroatoms. The lowest BCUT2D eigenvalue weighted by atomic mass is 10.1. The molecule has 1 saturated carbocycles. The van der Waals surface area contributed by atoms with Gasteiger partial charge in [0.15, 0.2) is 0 Å². The average molecular weight is 162 g/mol. The van der Waals surface area contributed by atoms with Crippen LogP contribution in [0.15, 0.2) is 0 Å². The highest BCUT2D eigenvalue weighted by molar-refractivity contribution is 7.72. The second-order valence-electron chi connectivity index (χ2n) is 3.42. The summed E-state index contributed by atoms with van der Waals surface area (Å²) in [6.07, 6.45) is 1.13. The predicted octanol–water partition coefficient (Wildman–Crippen LogP) is 0.890. The Morgan fingerprint density at radius 3 is 2.40 bits per heavy atom. The molecule has 60 valence electrons. The van der Waals surface area contributed by atoms with Gasteiger partial charge in [0.05, 0.1) is 5.75 Å². The van der Waals surface area contributed by atoms with E-state index in [1.807, 2.05) is 0 Å². The van der Waals surface area contributed by atoms with E-state index < -0.39 is 10.7 Å². The summed E-state index contributed by atoms with van der Waals surface area (Å²) in [7, 11) is -2.13. The van der Waals surface area contributed by atoms with Crippen LogP contribution in [-0.2, 0) is 10.7 Å². The van der Waals surface area contributed by atoms with Gasteiger partial charge < -0.3 is 0 Å². The molecule has 0 aromatic carbocycles. The Bertz CT molecular complexity index is 176. The van der Waals surface area contributed by atoms with E-state index in [2.05, 4.69) is 13.8 Å². The zero-order valence-corrected chi connectivity index (χ0v) is 7.30. The van der Waals surface area contributed by atoms with Crippen molar-refractivity contribution in [2.75, 3.05) is 5.75 Å². The minimum Gasteiger partial charge on any atom is -0.232 e. The van der Waals surface area contributed by atoms with Crippen molar-refractivity contribution < 1.29 is 8.42 Å². The number of hydrogen-bond acceptors (Lipinski definition) is 2. The minimum atomic E-state index is -2.13. The van der Waals surface area contributed by atoms with Gasteiger partial charge in [-0.25, -0.2) is 8.42 Å². The van der Waals surface area contributed by atoms with Crippen LogP contribution >= 0.6 is 0 Å². The Labute approximate surface area is 63.6 Å². The third-order valence-corrected chi connectivity index (χ3v) is 2.98. The Kier molecular flexibility index (Phi) is 2.34. The first kappa shape index (κ1) is 8.05. The molecule has 0 N–H and O–H groups in total. The molecule has 0 amide bonds. The summed E-state index contributed by atoms with van der Waals surface area (Å²) in [5, 5.41) is 0. The van der Waals surface area contributed by atoms with E-state index in [9.17, 15) is 8.42 Å². The second-order valence-corrected chi connectivity index (χ2v) is 4.45. The molecule has 1 aliphatic rings. The van der Waals surface area contributed by atoms with Crippen molar-refractivity contribution in [1.29, 1.82) is 0 Å². The molecule has 2 nitrogen and oxygen atoms in total. The Morgan fingerprint density at radius 1 is 1.50 bits per heavy atom. The highest BCUT2D eigenvalue weighted by Crippen LogP contribution is 2.43. The summed E-state index contributed by atoms with van der Waals surface area (Å²) in [5.74, 6) is 2.26. The first-order valence-corrected chi connectivity index (χ1v) is 5.09. The second kappa shape index (κ2) is 2.91. The quantitative estimate of drug-likeness (QED) is 0.625. The van der Waals surface area contributed by atoms with Crippen molar-refractivity contribution in [3.63, 3.8) is 0 Å². The van der Waals surface area contributed by atoms with Gasteiger partial charge in [-0.2, -0.15) is 0 Å².